The fourth-order valence-corrected chi connectivity index (χ4v) is 3.99. The van der Waals surface area contributed by atoms with E-state index in [1.807, 2.05) is 0 Å². The van der Waals surface area contributed by atoms with Crippen molar-refractivity contribution in [3.05, 3.63) is 10.6 Å². The minimum Gasteiger partial charge on any atom is -0.348 e. The Balaban J connectivity index is 2.13. The van der Waals surface area contributed by atoms with Gasteiger partial charge in [-0.3, -0.25) is 0 Å². The largest absolute Gasteiger partial charge is 0.348 e. The van der Waals surface area contributed by atoms with E-state index in [4.69, 9.17) is 10.7 Å². The highest BCUT2D eigenvalue weighted by Gasteiger charge is 2.20. The molecule has 0 saturated carbocycles. The van der Waals surface area contributed by atoms with Crippen molar-refractivity contribution in [1.82, 2.24) is 4.98 Å². The molecule has 19 heavy (non-hydrogen) atoms. The predicted molar refractivity (Wildman–Crippen MR) is 83.9 cm³/mol. The molecule has 0 aromatic carbocycles. The van der Waals surface area contributed by atoms with Gasteiger partial charge in [-0.25, -0.2) is 4.98 Å². The summed E-state index contributed by atoms with van der Waals surface area (Å²) < 4.78 is 0. The first kappa shape index (κ1) is 14.8. The Labute approximate surface area is 121 Å². The fraction of sp³-hybridized carbons (Fsp3) is 0.800. The first-order chi connectivity index (χ1) is 9.15. The molecule has 2 N–H and O–H groups in total. The number of hydrogen-bond acceptors (Lipinski definition) is 4. The maximum atomic E-state index is 5.86. The van der Waals surface area contributed by atoms with Crippen LogP contribution in [-0.4, -0.2) is 18.1 Å². The Morgan fingerprint density at radius 3 is 2.74 bits per heavy atom. The Morgan fingerprint density at radius 2 is 2.16 bits per heavy atom. The molecule has 1 fully saturated rings. The molecule has 1 atom stereocenters. The summed E-state index contributed by atoms with van der Waals surface area (Å²) in [6, 6.07) is 0. The van der Waals surface area contributed by atoms with Crippen LogP contribution in [0.4, 0.5) is 5.13 Å². The van der Waals surface area contributed by atoms with Gasteiger partial charge in [-0.05, 0) is 31.1 Å². The Kier molecular flexibility index (Phi) is 5.22. The molecular formula is C15H27N3S. The fourth-order valence-electron chi connectivity index (χ4n) is 2.85. The van der Waals surface area contributed by atoms with Crippen molar-refractivity contribution >= 4 is 16.5 Å². The van der Waals surface area contributed by atoms with E-state index in [2.05, 4.69) is 25.7 Å². The van der Waals surface area contributed by atoms with E-state index in [0.29, 0.717) is 12.5 Å². The lowest BCUT2D eigenvalue weighted by molar-refractivity contribution is 0.459. The van der Waals surface area contributed by atoms with Crippen LogP contribution in [-0.2, 0) is 6.54 Å². The van der Waals surface area contributed by atoms with E-state index >= 15 is 0 Å². The summed E-state index contributed by atoms with van der Waals surface area (Å²) in [7, 11) is 0. The monoisotopic (exact) mass is 281 g/mol. The van der Waals surface area contributed by atoms with E-state index in [1.54, 1.807) is 11.3 Å². The molecule has 0 radical (unpaired) electrons. The summed E-state index contributed by atoms with van der Waals surface area (Å²) in [6.07, 6.45) is 5.30. The molecule has 1 aliphatic rings. The smallest absolute Gasteiger partial charge is 0.185 e. The van der Waals surface area contributed by atoms with E-state index in [1.165, 1.54) is 41.4 Å². The van der Waals surface area contributed by atoms with Crippen molar-refractivity contribution in [2.24, 2.45) is 11.7 Å². The lowest BCUT2D eigenvalue weighted by Gasteiger charge is -2.19. The van der Waals surface area contributed by atoms with E-state index in [0.717, 1.165) is 19.0 Å². The topological polar surface area (TPSA) is 42.2 Å². The second kappa shape index (κ2) is 6.71. The summed E-state index contributed by atoms with van der Waals surface area (Å²) in [5.41, 5.74) is 7.06. The van der Waals surface area contributed by atoms with Crippen molar-refractivity contribution in [2.45, 2.75) is 58.9 Å². The quantitative estimate of drug-likeness (QED) is 0.914. The minimum absolute atomic E-state index is 0.471. The van der Waals surface area contributed by atoms with Gasteiger partial charge >= 0.3 is 0 Å². The van der Waals surface area contributed by atoms with Gasteiger partial charge in [-0.15, -0.1) is 11.3 Å². The predicted octanol–water partition coefficient (Wildman–Crippen LogP) is 3.74. The summed E-state index contributed by atoms with van der Waals surface area (Å²) in [5, 5.41) is 1.20. The van der Waals surface area contributed by atoms with Gasteiger partial charge in [0.15, 0.2) is 5.13 Å². The molecule has 0 aliphatic carbocycles. The van der Waals surface area contributed by atoms with Gasteiger partial charge in [0.25, 0.3) is 0 Å². The molecule has 1 unspecified atom stereocenters. The molecule has 1 aromatic heterocycles. The number of nitrogens with zero attached hydrogens (tertiary/aromatic N) is 2. The van der Waals surface area contributed by atoms with Crippen LogP contribution in [0.5, 0.6) is 0 Å². The third-order valence-electron chi connectivity index (χ3n) is 4.14. The molecule has 108 valence electrons. The average Bonchev–Trinajstić information content (AvgIpc) is 2.70. The van der Waals surface area contributed by atoms with Crippen molar-refractivity contribution in [1.29, 1.82) is 0 Å². The molecule has 1 saturated heterocycles. The summed E-state index contributed by atoms with van der Waals surface area (Å²) in [5.74, 6) is 1.38. The van der Waals surface area contributed by atoms with Crippen LogP contribution in [0.15, 0.2) is 0 Å². The lowest BCUT2D eigenvalue weighted by Crippen LogP contribution is -2.24. The van der Waals surface area contributed by atoms with Gasteiger partial charge in [0.1, 0.15) is 0 Å². The van der Waals surface area contributed by atoms with Gasteiger partial charge in [-0.2, -0.15) is 0 Å². The lowest BCUT2D eigenvalue weighted by atomic mass is 9.98. The normalized spacial score (nSPS) is 20.9. The molecule has 1 aliphatic heterocycles. The first-order valence-electron chi connectivity index (χ1n) is 7.60. The van der Waals surface area contributed by atoms with Gasteiger partial charge in [0, 0.05) is 24.5 Å². The second-order valence-corrected chi connectivity index (χ2v) is 6.92. The molecule has 4 heteroatoms. The maximum Gasteiger partial charge on any atom is 0.185 e. The number of thiazole rings is 1. The first-order valence-corrected chi connectivity index (χ1v) is 8.42. The number of aromatic nitrogens is 1. The number of hydrogen-bond donors (Lipinski definition) is 1. The highest BCUT2D eigenvalue weighted by atomic mass is 32.1. The van der Waals surface area contributed by atoms with E-state index < -0.39 is 0 Å². The molecule has 1 aromatic rings. The standard InChI is InChI=1S/C15H27N3S/c1-4-12-6-5-8-18(9-7-12)15-17-14(11(2)3)13(10-16)19-15/h11-12H,4-10,16H2,1-3H3. The van der Waals surface area contributed by atoms with Crippen LogP contribution < -0.4 is 10.6 Å². The van der Waals surface area contributed by atoms with Gasteiger partial charge in [0.2, 0.25) is 0 Å². The Bertz CT molecular complexity index is 400. The molecule has 3 nitrogen and oxygen atoms in total. The molecule has 0 amide bonds. The van der Waals surface area contributed by atoms with Crippen LogP contribution in [0.25, 0.3) is 0 Å². The van der Waals surface area contributed by atoms with Crippen LogP contribution >= 0.6 is 11.3 Å². The van der Waals surface area contributed by atoms with Gasteiger partial charge in [0.05, 0.1) is 5.69 Å². The number of rotatable bonds is 4. The summed E-state index contributed by atoms with van der Waals surface area (Å²) >= 11 is 1.80. The van der Waals surface area contributed by atoms with Gasteiger partial charge in [-0.1, -0.05) is 27.2 Å². The van der Waals surface area contributed by atoms with Crippen molar-refractivity contribution < 1.29 is 0 Å². The Hall–Kier alpha value is -0.610. The maximum absolute atomic E-state index is 5.86. The Morgan fingerprint density at radius 1 is 1.37 bits per heavy atom. The molecular weight excluding hydrogens is 254 g/mol. The van der Waals surface area contributed by atoms with Crippen LogP contribution in [0.3, 0.4) is 0 Å². The van der Waals surface area contributed by atoms with Crippen LogP contribution in [0.2, 0.25) is 0 Å². The highest BCUT2D eigenvalue weighted by molar-refractivity contribution is 7.15. The zero-order valence-electron chi connectivity index (χ0n) is 12.5. The van der Waals surface area contributed by atoms with Gasteiger partial charge < -0.3 is 10.6 Å². The van der Waals surface area contributed by atoms with Crippen molar-refractivity contribution in [2.75, 3.05) is 18.0 Å². The SMILES string of the molecule is CCC1CCCN(c2nc(C(C)C)c(CN)s2)CC1. The van der Waals surface area contributed by atoms with Crippen LogP contribution in [0, 0.1) is 5.92 Å². The van der Waals surface area contributed by atoms with E-state index in [9.17, 15) is 0 Å². The average molecular weight is 281 g/mol. The van der Waals surface area contributed by atoms with Crippen molar-refractivity contribution in [3.63, 3.8) is 0 Å². The minimum atomic E-state index is 0.471. The third-order valence-corrected chi connectivity index (χ3v) is 5.30. The second-order valence-electron chi connectivity index (χ2n) is 5.86. The molecule has 0 spiro atoms. The zero-order chi connectivity index (χ0) is 13.8. The zero-order valence-corrected chi connectivity index (χ0v) is 13.3. The summed E-state index contributed by atoms with van der Waals surface area (Å²) in [4.78, 5) is 8.60. The molecule has 2 heterocycles. The molecule has 0 bridgehead atoms. The third kappa shape index (κ3) is 3.48. The highest BCUT2D eigenvalue weighted by Crippen LogP contribution is 2.32. The number of nitrogens with two attached hydrogens (primary N) is 1. The van der Waals surface area contributed by atoms with Crippen LogP contribution in [0.1, 0.15) is 62.9 Å². The number of anilines is 1. The summed E-state index contributed by atoms with van der Waals surface area (Å²) in [6.45, 7) is 9.66. The van der Waals surface area contributed by atoms with E-state index in [-0.39, 0.29) is 0 Å². The molecule has 2 rings (SSSR count). The van der Waals surface area contributed by atoms with Crippen molar-refractivity contribution in [3.8, 4) is 0 Å².